The van der Waals surface area contributed by atoms with E-state index in [-0.39, 0.29) is 22.3 Å². The van der Waals surface area contributed by atoms with Gasteiger partial charge in [-0.2, -0.15) is 0 Å². The van der Waals surface area contributed by atoms with Gasteiger partial charge in [0.2, 0.25) is 0 Å². The fourth-order valence-corrected chi connectivity index (χ4v) is 4.82. The molecule has 158 valence electrons. The van der Waals surface area contributed by atoms with E-state index in [1.807, 2.05) is 30.3 Å². The Morgan fingerprint density at radius 1 is 1.00 bits per heavy atom. The molecule has 4 aromatic rings. The van der Waals surface area contributed by atoms with Gasteiger partial charge in [0, 0.05) is 17.0 Å². The van der Waals surface area contributed by atoms with Crippen LogP contribution in [0.3, 0.4) is 0 Å². The summed E-state index contributed by atoms with van der Waals surface area (Å²) in [6.07, 6.45) is 1.83. The Kier molecular flexibility index (Phi) is 4.91. The van der Waals surface area contributed by atoms with Gasteiger partial charge >= 0.3 is 5.63 Å². The van der Waals surface area contributed by atoms with Gasteiger partial charge < -0.3 is 14.8 Å². The number of hydrogen-bond donors (Lipinski definition) is 2. The summed E-state index contributed by atoms with van der Waals surface area (Å²) in [4.78, 5) is 24.4. The number of aromatic hydroxyl groups is 1. The molecule has 5 rings (SSSR count). The van der Waals surface area contributed by atoms with Crippen LogP contribution in [0.4, 0.5) is 11.4 Å². The van der Waals surface area contributed by atoms with Crippen LogP contribution in [-0.4, -0.2) is 10.0 Å². The zero-order valence-corrected chi connectivity index (χ0v) is 17.3. The minimum Gasteiger partial charge on any atom is -0.506 e. The van der Waals surface area contributed by atoms with E-state index < -0.39 is 10.5 Å². The second kappa shape index (κ2) is 7.90. The van der Waals surface area contributed by atoms with Crippen LogP contribution in [0.1, 0.15) is 16.4 Å². The lowest BCUT2D eigenvalue weighted by Crippen LogP contribution is -2.12. The number of hydrogen-bond acceptors (Lipinski definition) is 7. The summed E-state index contributed by atoms with van der Waals surface area (Å²) in [7, 11) is 0. The highest BCUT2D eigenvalue weighted by Gasteiger charge is 2.25. The molecule has 0 spiro atoms. The third-order valence-corrected chi connectivity index (χ3v) is 6.49. The van der Waals surface area contributed by atoms with Gasteiger partial charge in [0.25, 0.3) is 5.69 Å². The topological polar surface area (TPSA) is 106 Å². The van der Waals surface area contributed by atoms with Crippen molar-refractivity contribution in [3.8, 4) is 5.75 Å². The average Bonchev–Trinajstić information content (AvgIpc) is 2.99. The molecule has 1 unspecified atom stereocenters. The Labute approximate surface area is 186 Å². The number of nitro benzene ring substituents is 1. The van der Waals surface area contributed by atoms with Crippen LogP contribution in [0.5, 0.6) is 5.75 Å². The van der Waals surface area contributed by atoms with Gasteiger partial charge in [-0.3, -0.25) is 10.1 Å². The number of benzene rings is 3. The molecule has 1 aromatic heterocycles. The minimum atomic E-state index is -0.660. The van der Waals surface area contributed by atoms with Crippen LogP contribution in [0.2, 0.25) is 0 Å². The second-order valence-corrected chi connectivity index (χ2v) is 8.38. The number of rotatable bonds is 3. The van der Waals surface area contributed by atoms with Gasteiger partial charge in [0.05, 0.1) is 26.9 Å². The van der Waals surface area contributed by atoms with Crippen LogP contribution in [-0.2, 0) is 0 Å². The van der Waals surface area contributed by atoms with Crippen molar-refractivity contribution in [2.45, 2.75) is 10.1 Å². The summed E-state index contributed by atoms with van der Waals surface area (Å²) < 4.78 is 5.46. The zero-order chi connectivity index (χ0) is 22.2. The van der Waals surface area contributed by atoms with Gasteiger partial charge in [-0.25, -0.2) is 4.79 Å². The molecule has 0 fully saturated rings. The fourth-order valence-electron chi connectivity index (χ4n) is 3.65. The van der Waals surface area contributed by atoms with E-state index in [2.05, 4.69) is 5.32 Å². The number of nitrogens with zero attached hydrogens (tertiary/aromatic N) is 1. The number of nitrogens with one attached hydrogen (secondary N) is 1. The first-order chi connectivity index (χ1) is 15.5. The van der Waals surface area contributed by atoms with Gasteiger partial charge in [-0.1, -0.05) is 36.4 Å². The summed E-state index contributed by atoms with van der Waals surface area (Å²) >= 11 is 1.54. The molecule has 0 aliphatic carbocycles. The zero-order valence-electron chi connectivity index (χ0n) is 16.5. The van der Waals surface area contributed by atoms with E-state index in [1.54, 1.807) is 36.4 Å². The molecule has 3 aromatic carbocycles. The summed E-state index contributed by atoms with van der Waals surface area (Å²) in [6.45, 7) is 0. The lowest BCUT2D eigenvalue weighted by atomic mass is 10.1. The Hall–Kier alpha value is -4.04. The molecule has 0 saturated carbocycles. The molecule has 1 aliphatic heterocycles. The Balaban J connectivity index is 1.69. The quantitative estimate of drug-likeness (QED) is 0.237. The molecule has 2 heterocycles. The van der Waals surface area contributed by atoms with E-state index in [9.17, 15) is 20.0 Å². The first-order valence-corrected chi connectivity index (χ1v) is 10.6. The largest absolute Gasteiger partial charge is 0.506 e. The molecule has 1 aliphatic rings. The SMILES string of the molecule is O=c1oc2ccccc2c(O)c1C1=CC(c2ccc([N+](=O)[O-])cc2)Sc2ccccc2N1. The smallest absolute Gasteiger partial charge is 0.349 e. The van der Waals surface area contributed by atoms with Gasteiger partial charge in [-0.05, 0) is 35.9 Å². The lowest BCUT2D eigenvalue weighted by Gasteiger charge is -2.13. The van der Waals surface area contributed by atoms with Crippen molar-refractivity contribution in [1.29, 1.82) is 0 Å². The average molecular weight is 444 g/mol. The van der Waals surface area contributed by atoms with Crippen molar-refractivity contribution >= 4 is 39.8 Å². The molecule has 1 atom stereocenters. The number of fused-ring (bicyclic) bond motifs is 2. The van der Waals surface area contributed by atoms with E-state index >= 15 is 0 Å². The fraction of sp³-hybridized carbons (Fsp3) is 0.0417. The van der Waals surface area contributed by atoms with Crippen LogP contribution < -0.4 is 10.9 Å². The molecule has 0 amide bonds. The van der Waals surface area contributed by atoms with Crippen molar-refractivity contribution in [3.05, 3.63) is 111 Å². The number of non-ortho nitro benzene ring substituents is 1. The molecule has 0 radical (unpaired) electrons. The summed E-state index contributed by atoms with van der Waals surface area (Å²) in [5, 5.41) is 25.4. The van der Waals surface area contributed by atoms with E-state index in [0.29, 0.717) is 16.7 Å². The number of anilines is 1. The summed E-state index contributed by atoms with van der Waals surface area (Å²) in [5.74, 6) is -0.164. The first-order valence-electron chi connectivity index (χ1n) is 9.75. The minimum absolute atomic E-state index is 0.00270. The first kappa shape index (κ1) is 19.9. The monoisotopic (exact) mass is 444 g/mol. The van der Waals surface area contributed by atoms with Crippen molar-refractivity contribution in [1.82, 2.24) is 0 Å². The highest BCUT2D eigenvalue weighted by Crippen LogP contribution is 2.45. The van der Waals surface area contributed by atoms with Crippen LogP contribution in [0.15, 0.2) is 93.0 Å². The highest BCUT2D eigenvalue weighted by molar-refractivity contribution is 7.99. The van der Waals surface area contributed by atoms with Gasteiger partial charge in [-0.15, -0.1) is 11.8 Å². The molecule has 32 heavy (non-hydrogen) atoms. The van der Waals surface area contributed by atoms with Gasteiger partial charge in [0.15, 0.2) is 0 Å². The third kappa shape index (κ3) is 3.50. The lowest BCUT2D eigenvalue weighted by molar-refractivity contribution is -0.384. The number of para-hydroxylation sites is 2. The molecule has 2 N–H and O–H groups in total. The summed E-state index contributed by atoms with van der Waals surface area (Å²) in [6, 6.07) is 20.7. The predicted octanol–water partition coefficient (Wildman–Crippen LogP) is 5.71. The van der Waals surface area contributed by atoms with E-state index in [4.69, 9.17) is 4.42 Å². The highest BCUT2D eigenvalue weighted by atomic mass is 32.2. The number of thioether (sulfide) groups is 1. The standard InChI is InChI=1S/C24H16N2O5S/c27-23-16-5-1-3-7-19(16)31-24(28)22(23)18-13-21(14-9-11-15(12-10-14)26(29)30)32-20-8-4-2-6-17(20)25-18/h1-13,21,25,27H. The normalized spacial score (nSPS) is 15.4. The predicted molar refractivity (Wildman–Crippen MR) is 124 cm³/mol. The van der Waals surface area contributed by atoms with Crippen LogP contribution in [0.25, 0.3) is 16.7 Å². The summed E-state index contributed by atoms with van der Waals surface area (Å²) in [5.41, 5.74) is 1.68. The number of nitro groups is 1. The molecule has 0 bridgehead atoms. The molecular formula is C24H16N2O5S. The maximum Gasteiger partial charge on any atom is 0.349 e. The van der Waals surface area contributed by atoms with Crippen molar-refractivity contribution < 1.29 is 14.4 Å². The Morgan fingerprint density at radius 3 is 2.50 bits per heavy atom. The Bertz CT molecular complexity index is 1440. The molecular weight excluding hydrogens is 428 g/mol. The molecule has 7 nitrogen and oxygen atoms in total. The van der Waals surface area contributed by atoms with Crippen molar-refractivity contribution in [2.75, 3.05) is 5.32 Å². The molecule has 0 saturated heterocycles. The Morgan fingerprint density at radius 2 is 1.72 bits per heavy atom. The van der Waals surface area contributed by atoms with Crippen molar-refractivity contribution in [2.24, 2.45) is 0 Å². The molecule has 8 heteroatoms. The van der Waals surface area contributed by atoms with Crippen molar-refractivity contribution in [3.63, 3.8) is 0 Å². The third-order valence-electron chi connectivity index (χ3n) is 5.22. The van der Waals surface area contributed by atoms with Crippen LogP contribution in [0, 0.1) is 10.1 Å². The second-order valence-electron chi connectivity index (χ2n) is 7.20. The van der Waals surface area contributed by atoms with Crippen LogP contribution >= 0.6 is 11.8 Å². The van der Waals surface area contributed by atoms with E-state index in [0.717, 1.165) is 16.1 Å². The van der Waals surface area contributed by atoms with Gasteiger partial charge in [0.1, 0.15) is 16.9 Å². The maximum atomic E-state index is 12.9. The maximum absolute atomic E-state index is 12.9. The van der Waals surface area contributed by atoms with E-state index in [1.165, 1.54) is 23.9 Å².